The molecule has 32 heavy (non-hydrogen) atoms. The molecule has 1 aliphatic heterocycles. The minimum Gasteiger partial charge on any atom is -0.341 e. The van der Waals surface area contributed by atoms with Gasteiger partial charge in [0, 0.05) is 35.9 Å². The summed E-state index contributed by atoms with van der Waals surface area (Å²) in [5, 5.41) is 12.5. The van der Waals surface area contributed by atoms with Gasteiger partial charge < -0.3 is 10.2 Å². The van der Waals surface area contributed by atoms with E-state index < -0.39 is 0 Å². The van der Waals surface area contributed by atoms with Crippen LogP contribution in [-0.4, -0.2) is 45.3 Å². The van der Waals surface area contributed by atoms with Gasteiger partial charge in [0.25, 0.3) is 5.91 Å². The third kappa shape index (κ3) is 4.55. The average molecular weight is 448 g/mol. The van der Waals surface area contributed by atoms with Gasteiger partial charge in [-0.3, -0.25) is 14.2 Å². The van der Waals surface area contributed by atoms with E-state index in [2.05, 4.69) is 25.0 Å². The average Bonchev–Trinajstić information content (AvgIpc) is 3.34. The van der Waals surface area contributed by atoms with Crippen LogP contribution < -0.4 is 10.2 Å². The molecule has 0 unspecified atom stereocenters. The second-order valence-electron chi connectivity index (χ2n) is 8.19. The predicted octanol–water partition coefficient (Wildman–Crippen LogP) is 4.44. The Labute approximate surface area is 191 Å². The second kappa shape index (κ2) is 9.16. The van der Waals surface area contributed by atoms with E-state index in [0.29, 0.717) is 28.6 Å². The van der Waals surface area contributed by atoms with Gasteiger partial charge in [-0.1, -0.05) is 30.0 Å². The Balaban J connectivity index is 1.21. The lowest BCUT2D eigenvalue weighted by Crippen LogP contribution is -2.22. The van der Waals surface area contributed by atoms with Crippen molar-refractivity contribution >= 4 is 35.1 Å². The quantitative estimate of drug-likeness (QED) is 0.406. The van der Waals surface area contributed by atoms with Gasteiger partial charge in [0.1, 0.15) is 0 Å². The number of Topliss-reactive ketones (excluding diaryl/α,β-unsaturated/α-hetero) is 1. The molecule has 0 radical (unpaired) electrons. The number of nitrogens with one attached hydrogen (secondary N) is 1. The minimum absolute atomic E-state index is 0.0315. The molecule has 1 N–H and O–H groups in total. The number of rotatable bonds is 8. The van der Waals surface area contributed by atoms with Crippen LogP contribution in [0.4, 0.5) is 11.6 Å². The monoisotopic (exact) mass is 447 g/mol. The van der Waals surface area contributed by atoms with Gasteiger partial charge in [0.05, 0.1) is 5.75 Å². The van der Waals surface area contributed by atoms with Crippen LogP contribution in [0.1, 0.15) is 52.4 Å². The van der Waals surface area contributed by atoms with E-state index >= 15 is 0 Å². The smallest absolute Gasteiger partial charge is 0.255 e. The number of nitrogens with zero attached hydrogens (tertiary/aromatic N) is 4. The van der Waals surface area contributed by atoms with Gasteiger partial charge in [-0.15, -0.1) is 10.2 Å². The highest BCUT2D eigenvalue weighted by Gasteiger charge is 2.32. The molecule has 5 rings (SSSR count). The summed E-state index contributed by atoms with van der Waals surface area (Å²) in [5.74, 6) is 1.12. The van der Waals surface area contributed by atoms with Gasteiger partial charge in [-0.05, 0) is 62.1 Å². The summed E-state index contributed by atoms with van der Waals surface area (Å²) >= 11 is 1.45. The van der Waals surface area contributed by atoms with Crippen LogP contribution >= 0.6 is 11.8 Å². The van der Waals surface area contributed by atoms with Crippen molar-refractivity contribution in [2.75, 3.05) is 29.1 Å². The van der Waals surface area contributed by atoms with Crippen molar-refractivity contribution < 1.29 is 9.59 Å². The molecule has 2 fully saturated rings. The molecular weight excluding hydrogens is 422 g/mol. The first kappa shape index (κ1) is 20.8. The van der Waals surface area contributed by atoms with Crippen LogP contribution in [0.3, 0.4) is 0 Å². The molecule has 1 saturated carbocycles. The Kier molecular flexibility index (Phi) is 5.94. The molecule has 0 bridgehead atoms. The topological polar surface area (TPSA) is 80.1 Å². The number of carbonyl (C=O) groups is 2. The first-order valence-corrected chi connectivity index (χ1v) is 12.0. The maximum Gasteiger partial charge on any atom is 0.255 e. The lowest BCUT2D eigenvalue weighted by atomic mass is 10.1. The van der Waals surface area contributed by atoms with E-state index in [-0.39, 0.29) is 11.7 Å². The number of thioether (sulfide) groups is 1. The molecule has 2 aliphatic rings. The van der Waals surface area contributed by atoms with Crippen molar-refractivity contribution in [3.8, 4) is 0 Å². The fourth-order valence-corrected chi connectivity index (χ4v) is 4.79. The zero-order valence-electron chi connectivity index (χ0n) is 17.7. The third-order valence-corrected chi connectivity index (χ3v) is 6.72. The molecule has 1 saturated heterocycles. The number of aromatic nitrogens is 3. The first-order chi connectivity index (χ1) is 15.7. The Hall–Kier alpha value is -3.13. The normalized spacial score (nSPS) is 15.7. The van der Waals surface area contributed by atoms with E-state index in [0.717, 1.165) is 37.0 Å². The highest BCUT2D eigenvalue weighted by molar-refractivity contribution is 7.99. The van der Waals surface area contributed by atoms with Crippen LogP contribution in [0.5, 0.6) is 0 Å². The molecule has 8 heteroatoms. The molecule has 3 aromatic rings. The summed E-state index contributed by atoms with van der Waals surface area (Å²) in [6, 6.07) is 16.5. The standard InChI is InChI=1S/C24H25N5O2S/c30-21(17-8-10-19(11-9-17)25-22(31)18-6-2-1-3-7-18)16-32-24-27-26-23(28-14-4-5-15-28)29(24)20-12-13-20/h1-3,6-11,20H,4-5,12-16H2,(H,25,31). The van der Waals surface area contributed by atoms with Crippen LogP contribution in [0.25, 0.3) is 0 Å². The van der Waals surface area contributed by atoms with Gasteiger partial charge >= 0.3 is 0 Å². The molecule has 1 aromatic heterocycles. The summed E-state index contributed by atoms with van der Waals surface area (Å²) in [6.07, 6.45) is 4.69. The highest BCUT2D eigenvalue weighted by atomic mass is 32.2. The lowest BCUT2D eigenvalue weighted by molar-refractivity contribution is 0.101. The van der Waals surface area contributed by atoms with Crippen molar-refractivity contribution in [1.29, 1.82) is 0 Å². The predicted molar refractivity (Wildman–Crippen MR) is 126 cm³/mol. The number of benzene rings is 2. The van der Waals surface area contributed by atoms with Crippen molar-refractivity contribution in [3.05, 3.63) is 65.7 Å². The van der Waals surface area contributed by atoms with Gasteiger partial charge in [0.15, 0.2) is 10.9 Å². The summed E-state index contributed by atoms with van der Waals surface area (Å²) in [6.45, 7) is 2.06. The molecule has 2 aromatic carbocycles. The van der Waals surface area contributed by atoms with Gasteiger partial charge in [-0.25, -0.2) is 0 Å². The van der Waals surface area contributed by atoms with Crippen molar-refractivity contribution in [3.63, 3.8) is 0 Å². The highest BCUT2D eigenvalue weighted by Crippen LogP contribution is 2.41. The number of ketones is 1. The summed E-state index contributed by atoms with van der Waals surface area (Å²) < 4.78 is 2.23. The number of amides is 1. The molecule has 0 atom stereocenters. The zero-order valence-corrected chi connectivity index (χ0v) is 18.6. The number of hydrogen-bond donors (Lipinski definition) is 1. The Bertz CT molecular complexity index is 1100. The summed E-state index contributed by atoms with van der Waals surface area (Å²) in [4.78, 5) is 27.3. The number of carbonyl (C=O) groups excluding carboxylic acids is 2. The largest absolute Gasteiger partial charge is 0.341 e. The third-order valence-electron chi connectivity index (χ3n) is 5.78. The van der Waals surface area contributed by atoms with Crippen LogP contribution in [-0.2, 0) is 0 Å². The molecule has 164 valence electrons. The van der Waals surface area contributed by atoms with E-state index in [1.165, 1.54) is 24.6 Å². The fourth-order valence-electron chi connectivity index (χ4n) is 3.90. The van der Waals surface area contributed by atoms with E-state index in [1.54, 1.807) is 36.4 Å². The summed E-state index contributed by atoms with van der Waals surface area (Å²) in [5.41, 5.74) is 1.87. The van der Waals surface area contributed by atoms with Crippen molar-refractivity contribution in [1.82, 2.24) is 14.8 Å². The maximum atomic E-state index is 12.8. The minimum atomic E-state index is -0.173. The van der Waals surface area contributed by atoms with Crippen molar-refractivity contribution in [2.45, 2.75) is 36.9 Å². The number of anilines is 2. The fraction of sp³-hybridized carbons (Fsp3) is 0.333. The first-order valence-electron chi connectivity index (χ1n) is 11.0. The summed E-state index contributed by atoms with van der Waals surface area (Å²) in [7, 11) is 0. The van der Waals surface area contributed by atoms with E-state index in [1.807, 2.05) is 18.2 Å². The second-order valence-corrected chi connectivity index (χ2v) is 9.13. The van der Waals surface area contributed by atoms with Gasteiger partial charge in [0.2, 0.25) is 5.95 Å². The maximum absolute atomic E-state index is 12.8. The SMILES string of the molecule is O=C(CSc1nnc(N2CCCC2)n1C1CC1)c1ccc(NC(=O)c2ccccc2)cc1. The van der Waals surface area contributed by atoms with Crippen LogP contribution in [0.15, 0.2) is 59.8 Å². The molecular formula is C24H25N5O2S. The van der Waals surface area contributed by atoms with Crippen molar-refractivity contribution in [2.24, 2.45) is 0 Å². The number of hydrogen-bond acceptors (Lipinski definition) is 6. The Morgan fingerprint density at radius 3 is 2.34 bits per heavy atom. The van der Waals surface area contributed by atoms with Gasteiger partial charge in [-0.2, -0.15) is 0 Å². The zero-order chi connectivity index (χ0) is 21.9. The molecule has 7 nitrogen and oxygen atoms in total. The lowest BCUT2D eigenvalue weighted by Gasteiger charge is -2.17. The Morgan fingerprint density at radius 2 is 1.66 bits per heavy atom. The van der Waals surface area contributed by atoms with E-state index in [9.17, 15) is 9.59 Å². The van der Waals surface area contributed by atoms with Crippen LogP contribution in [0, 0.1) is 0 Å². The molecule has 0 spiro atoms. The molecule has 2 heterocycles. The van der Waals surface area contributed by atoms with E-state index in [4.69, 9.17) is 0 Å². The molecule has 1 aliphatic carbocycles. The Morgan fingerprint density at radius 1 is 0.938 bits per heavy atom. The molecule has 1 amide bonds. The van der Waals surface area contributed by atoms with Crippen LogP contribution in [0.2, 0.25) is 0 Å².